The highest BCUT2D eigenvalue weighted by atomic mass is 16.5. The van der Waals surface area contributed by atoms with Crippen molar-refractivity contribution in [1.29, 1.82) is 0 Å². The minimum Gasteiger partial charge on any atom is -0.487 e. The molecule has 0 amide bonds. The molecule has 2 nitrogen and oxygen atoms in total. The summed E-state index contributed by atoms with van der Waals surface area (Å²) in [4.78, 5) is 0. The van der Waals surface area contributed by atoms with Gasteiger partial charge in [0.1, 0.15) is 11.9 Å². The minimum absolute atomic E-state index is 0.0383. The van der Waals surface area contributed by atoms with E-state index in [1.165, 1.54) is 12.0 Å². The Bertz CT molecular complexity index is 412. The molecule has 0 bridgehead atoms. The Morgan fingerprint density at radius 3 is 2.63 bits per heavy atom. The van der Waals surface area contributed by atoms with Crippen LogP contribution in [0.3, 0.4) is 0 Å². The minimum atomic E-state index is -0.315. The summed E-state index contributed by atoms with van der Waals surface area (Å²) < 4.78 is 6.12. The molecule has 0 aliphatic heterocycles. The number of hydrogen-bond donors (Lipinski definition) is 1. The van der Waals surface area contributed by atoms with Crippen LogP contribution in [0.2, 0.25) is 0 Å². The molecular formula is C17H26O2. The first-order chi connectivity index (χ1) is 9.08. The molecule has 1 N–H and O–H groups in total. The Hall–Kier alpha value is -1.02. The third-order valence-corrected chi connectivity index (χ3v) is 4.07. The summed E-state index contributed by atoms with van der Waals surface area (Å²) in [6.45, 7) is 6.45. The summed E-state index contributed by atoms with van der Waals surface area (Å²) in [5.74, 6) is 1.44. The monoisotopic (exact) mass is 262 g/mol. The highest BCUT2D eigenvalue weighted by Gasteiger charge is 2.23. The molecule has 2 rings (SSSR count). The van der Waals surface area contributed by atoms with Crippen molar-refractivity contribution in [2.24, 2.45) is 0 Å². The number of aryl methyl sites for hydroxylation is 1. The van der Waals surface area contributed by atoms with E-state index in [0.717, 1.165) is 37.0 Å². The zero-order chi connectivity index (χ0) is 13.8. The number of rotatable bonds is 3. The van der Waals surface area contributed by atoms with Crippen LogP contribution >= 0.6 is 0 Å². The molecule has 1 fully saturated rings. The molecule has 1 aromatic rings. The molecule has 0 heterocycles. The predicted octanol–water partition coefficient (Wildman–Crippen LogP) is 4.19. The lowest BCUT2D eigenvalue weighted by Crippen LogP contribution is -2.30. The maximum Gasteiger partial charge on any atom is 0.124 e. The van der Waals surface area contributed by atoms with Crippen molar-refractivity contribution in [2.75, 3.05) is 0 Å². The van der Waals surface area contributed by atoms with E-state index < -0.39 is 0 Å². The summed E-state index contributed by atoms with van der Waals surface area (Å²) in [6.07, 6.45) is 4.96. The normalized spacial score (nSPS) is 24.3. The summed E-state index contributed by atoms with van der Waals surface area (Å²) in [6, 6.07) is 6.42. The zero-order valence-corrected chi connectivity index (χ0v) is 12.4. The zero-order valence-electron chi connectivity index (χ0n) is 12.4. The molecule has 106 valence electrons. The summed E-state index contributed by atoms with van der Waals surface area (Å²) in [7, 11) is 0. The van der Waals surface area contributed by atoms with Gasteiger partial charge in [-0.2, -0.15) is 0 Å². The van der Waals surface area contributed by atoms with Gasteiger partial charge in [-0.25, -0.2) is 0 Å². The van der Waals surface area contributed by atoms with Gasteiger partial charge in [-0.3, -0.25) is 0 Å². The van der Waals surface area contributed by atoms with Gasteiger partial charge in [-0.1, -0.05) is 38.8 Å². The molecule has 1 saturated carbocycles. The number of aliphatic hydroxyl groups is 1. The lowest BCUT2D eigenvalue weighted by molar-refractivity contribution is 0.0315. The van der Waals surface area contributed by atoms with Crippen LogP contribution in [0.1, 0.15) is 63.0 Å². The first-order valence-electron chi connectivity index (χ1n) is 7.53. The van der Waals surface area contributed by atoms with Gasteiger partial charge in [-0.05, 0) is 49.3 Å². The van der Waals surface area contributed by atoms with Gasteiger partial charge < -0.3 is 9.84 Å². The average molecular weight is 262 g/mol. The Morgan fingerprint density at radius 1 is 1.16 bits per heavy atom. The van der Waals surface area contributed by atoms with Gasteiger partial charge in [0.25, 0.3) is 0 Å². The fourth-order valence-electron chi connectivity index (χ4n) is 2.66. The largest absolute Gasteiger partial charge is 0.487 e. The molecule has 0 aromatic heterocycles. The molecule has 1 aromatic carbocycles. The second-order valence-corrected chi connectivity index (χ2v) is 6.04. The van der Waals surface area contributed by atoms with E-state index in [1.807, 2.05) is 0 Å². The SMILES string of the molecule is Cc1ccc(C(C)C)cc1OC1CCCCCC1O. The summed E-state index contributed by atoms with van der Waals surface area (Å²) in [5.41, 5.74) is 2.45. The van der Waals surface area contributed by atoms with E-state index >= 15 is 0 Å². The average Bonchev–Trinajstić information content (AvgIpc) is 2.57. The van der Waals surface area contributed by atoms with E-state index in [-0.39, 0.29) is 12.2 Å². The molecule has 2 heteroatoms. The molecule has 0 saturated heterocycles. The molecule has 2 unspecified atom stereocenters. The number of benzene rings is 1. The molecule has 1 aliphatic rings. The summed E-state index contributed by atoms with van der Waals surface area (Å²) >= 11 is 0. The van der Waals surface area contributed by atoms with Gasteiger partial charge >= 0.3 is 0 Å². The van der Waals surface area contributed by atoms with Gasteiger partial charge in [0.05, 0.1) is 6.10 Å². The number of aliphatic hydroxyl groups excluding tert-OH is 1. The second-order valence-electron chi connectivity index (χ2n) is 6.04. The van der Waals surface area contributed by atoms with Crippen LogP contribution in [0.5, 0.6) is 5.75 Å². The molecule has 0 spiro atoms. The third kappa shape index (κ3) is 3.73. The van der Waals surface area contributed by atoms with E-state index in [1.54, 1.807) is 0 Å². The van der Waals surface area contributed by atoms with Crippen molar-refractivity contribution in [2.45, 2.75) is 71.0 Å². The fourth-order valence-corrected chi connectivity index (χ4v) is 2.66. The maximum absolute atomic E-state index is 10.2. The van der Waals surface area contributed by atoms with Crippen molar-refractivity contribution in [3.05, 3.63) is 29.3 Å². The first kappa shape index (κ1) is 14.4. The van der Waals surface area contributed by atoms with Crippen LogP contribution in [-0.4, -0.2) is 17.3 Å². The van der Waals surface area contributed by atoms with Gasteiger partial charge in [0.15, 0.2) is 0 Å². The van der Waals surface area contributed by atoms with E-state index in [2.05, 4.69) is 39.0 Å². The van der Waals surface area contributed by atoms with Crippen LogP contribution in [-0.2, 0) is 0 Å². The Kier molecular flexibility index (Phi) is 4.87. The van der Waals surface area contributed by atoms with Crippen LogP contribution < -0.4 is 4.74 Å². The molecule has 1 aliphatic carbocycles. The van der Waals surface area contributed by atoms with Gasteiger partial charge in [-0.15, -0.1) is 0 Å². The Balaban J connectivity index is 2.14. The standard InChI is InChI=1S/C17H26O2/c1-12(2)14-10-9-13(3)17(11-14)19-16-8-6-4-5-7-15(16)18/h9-12,15-16,18H,4-8H2,1-3H3. The van der Waals surface area contributed by atoms with E-state index in [0.29, 0.717) is 5.92 Å². The smallest absolute Gasteiger partial charge is 0.124 e. The van der Waals surface area contributed by atoms with Crippen molar-refractivity contribution in [3.63, 3.8) is 0 Å². The topological polar surface area (TPSA) is 29.5 Å². The van der Waals surface area contributed by atoms with Crippen molar-refractivity contribution >= 4 is 0 Å². The first-order valence-corrected chi connectivity index (χ1v) is 7.53. The number of ether oxygens (including phenoxy) is 1. The van der Waals surface area contributed by atoms with Crippen LogP contribution in [0.25, 0.3) is 0 Å². The van der Waals surface area contributed by atoms with Gasteiger partial charge in [0, 0.05) is 0 Å². The van der Waals surface area contributed by atoms with Crippen LogP contribution in [0.4, 0.5) is 0 Å². The molecule has 2 atom stereocenters. The second kappa shape index (κ2) is 6.42. The quantitative estimate of drug-likeness (QED) is 0.828. The van der Waals surface area contributed by atoms with Gasteiger partial charge in [0.2, 0.25) is 0 Å². The van der Waals surface area contributed by atoms with E-state index in [4.69, 9.17) is 4.74 Å². The summed E-state index contributed by atoms with van der Waals surface area (Å²) in [5, 5.41) is 10.2. The lowest BCUT2D eigenvalue weighted by atomic mass is 10.0. The van der Waals surface area contributed by atoms with Crippen LogP contribution in [0.15, 0.2) is 18.2 Å². The maximum atomic E-state index is 10.2. The van der Waals surface area contributed by atoms with Crippen molar-refractivity contribution in [1.82, 2.24) is 0 Å². The van der Waals surface area contributed by atoms with Crippen molar-refractivity contribution < 1.29 is 9.84 Å². The lowest BCUT2D eigenvalue weighted by Gasteiger charge is -2.23. The highest BCUT2D eigenvalue weighted by Crippen LogP contribution is 2.28. The Morgan fingerprint density at radius 2 is 1.89 bits per heavy atom. The fraction of sp³-hybridized carbons (Fsp3) is 0.647. The number of hydrogen-bond acceptors (Lipinski definition) is 2. The Labute approximate surface area is 116 Å². The van der Waals surface area contributed by atoms with Crippen LogP contribution in [0, 0.1) is 6.92 Å². The molecular weight excluding hydrogens is 236 g/mol. The molecule has 19 heavy (non-hydrogen) atoms. The van der Waals surface area contributed by atoms with E-state index in [9.17, 15) is 5.11 Å². The predicted molar refractivity (Wildman–Crippen MR) is 78.8 cm³/mol. The molecule has 0 radical (unpaired) electrons. The van der Waals surface area contributed by atoms with Crippen molar-refractivity contribution in [3.8, 4) is 5.75 Å². The highest BCUT2D eigenvalue weighted by molar-refractivity contribution is 5.38. The third-order valence-electron chi connectivity index (χ3n) is 4.07.